The van der Waals surface area contributed by atoms with Crippen molar-refractivity contribution in [1.29, 1.82) is 0 Å². The molecule has 29 heavy (non-hydrogen) atoms. The fourth-order valence-corrected chi connectivity index (χ4v) is 5.69. The van der Waals surface area contributed by atoms with Crippen molar-refractivity contribution in [3.8, 4) is 0 Å². The highest BCUT2D eigenvalue weighted by atomic mass is 35.5. The first-order chi connectivity index (χ1) is 14.0. The molecule has 0 unspecified atom stereocenters. The van der Waals surface area contributed by atoms with Gasteiger partial charge in [-0.25, -0.2) is 0 Å². The Bertz CT molecular complexity index is 951. The van der Waals surface area contributed by atoms with Crippen molar-refractivity contribution < 1.29 is 4.79 Å². The molecule has 0 aromatic heterocycles. The lowest BCUT2D eigenvalue weighted by atomic mass is 9.72. The number of halogens is 1. The van der Waals surface area contributed by atoms with E-state index in [9.17, 15) is 4.79 Å². The monoisotopic (exact) mass is 427 g/mol. The van der Waals surface area contributed by atoms with E-state index in [-0.39, 0.29) is 11.3 Å². The Balaban J connectivity index is 1.73. The predicted octanol–water partition coefficient (Wildman–Crippen LogP) is 5.12. The molecule has 1 fully saturated rings. The third-order valence-corrected chi connectivity index (χ3v) is 7.04. The molecular formula is C23H26ClN3OS. The number of hydrogen-bond donors (Lipinski definition) is 1. The second kappa shape index (κ2) is 8.41. The lowest BCUT2D eigenvalue weighted by molar-refractivity contribution is 0.0828. The minimum Gasteiger partial charge on any atom is -0.345 e. The Kier molecular flexibility index (Phi) is 5.88. The van der Waals surface area contributed by atoms with Crippen LogP contribution in [0.25, 0.3) is 0 Å². The summed E-state index contributed by atoms with van der Waals surface area (Å²) in [6.07, 6.45) is 3.13. The van der Waals surface area contributed by atoms with E-state index in [1.54, 1.807) is 19.0 Å². The molecule has 152 valence electrons. The summed E-state index contributed by atoms with van der Waals surface area (Å²) >= 11 is 8.16. The Morgan fingerprint density at radius 3 is 2.69 bits per heavy atom. The first kappa shape index (κ1) is 20.3. The summed E-state index contributed by atoms with van der Waals surface area (Å²) in [5.74, 6) is 3.32. The summed E-state index contributed by atoms with van der Waals surface area (Å²) in [6.45, 7) is 0.580. The molecule has 2 aliphatic rings. The summed E-state index contributed by atoms with van der Waals surface area (Å²) in [5, 5.41) is 4.34. The van der Waals surface area contributed by atoms with Crippen LogP contribution in [-0.4, -0.2) is 42.2 Å². The third-order valence-electron chi connectivity index (χ3n) is 5.82. The van der Waals surface area contributed by atoms with Crippen molar-refractivity contribution in [2.45, 2.75) is 25.8 Å². The van der Waals surface area contributed by atoms with Crippen LogP contribution >= 0.6 is 23.4 Å². The molecule has 0 saturated carbocycles. The number of rotatable bonds is 3. The van der Waals surface area contributed by atoms with Crippen LogP contribution in [-0.2, 0) is 13.0 Å². The van der Waals surface area contributed by atoms with Crippen LogP contribution in [0.15, 0.2) is 47.5 Å². The van der Waals surface area contributed by atoms with E-state index in [0.717, 1.165) is 52.9 Å². The summed E-state index contributed by atoms with van der Waals surface area (Å²) in [6, 6.07) is 13.9. The molecule has 2 aliphatic heterocycles. The quantitative estimate of drug-likeness (QED) is 0.739. The lowest BCUT2D eigenvalue weighted by Crippen LogP contribution is -2.45. The molecule has 0 radical (unpaired) electrons. The molecule has 0 atom stereocenters. The van der Waals surface area contributed by atoms with Gasteiger partial charge in [-0.1, -0.05) is 35.9 Å². The van der Waals surface area contributed by atoms with Crippen LogP contribution in [0.2, 0.25) is 5.02 Å². The second-order valence-corrected chi connectivity index (χ2v) is 9.69. The number of amidine groups is 1. The Labute approximate surface area is 181 Å². The molecule has 2 heterocycles. The first-order valence-electron chi connectivity index (χ1n) is 9.96. The molecule has 1 N–H and O–H groups in total. The van der Waals surface area contributed by atoms with Crippen molar-refractivity contribution in [2.24, 2.45) is 10.4 Å². The summed E-state index contributed by atoms with van der Waals surface area (Å²) in [7, 11) is 3.58. The minimum atomic E-state index is 0.0127. The van der Waals surface area contributed by atoms with Crippen molar-refractivity contribution >= 4 is 40.8 Å². The number of benzene rings is 2. The number of thioether (sulfide) groups is 1. The van der Waals surface area contributed by atoms with Gasteiger partial charge >= 0.3 is 0 Å². The van der Waals surface area contributed by atoms with Gasteiger partial charge in [0.25, 0.3) is 5.91 Å². The highest BCUT2D eigenvalue weighted by Crippen LogP contribution is 2.45. The summed E-state index contributed by atoms with van der Waals surface area (Å²) in [4.78, 5) is 19.4. The van der Waals surface area contributed by atoms with Gasteiger partial charge in [0, 0.05) is 24.5 Å². The van der Waals surface area contributed by atoms with E-state index in [1.807, 2.05) is 42.1 Å². The van der Waals surface area contributed by atoms with Gasteiger partial charge in [0.1, 0.15) is 5.84 Å². The predicted molar refractivity (Wildman–Crippen MR) is 123 cm³/mol. The van der Waals surface area contributed by atoms with Gasteiger partial charge in [-0.2, -0.15) is 11.8 Å². The maximum atomic E-state index is 12.7. The number of nitrogens with one attached hydrogen (secondary N) is 1. The highest BCUT2D eigenvalue weighted by molar-refractivity contribution is 7.99. The Hall–Kier alpha value is -1.98. The van der Waals surface area contributed by atoms with Crippen molar-refractivity contribution in [3.05, 3.63) is 64.2 Å². The molecule has 1 saturated heterocycles. The van der Waals surface area contributed by atoms with Crippen LogP contribution in [0.1, 0.15) is 34.3 Å². The standard InChI is InChI=1S/C23H26ClN3OS/c1-27(2)21(28)19-8-4-6-17-14-23(9-11-29-12-10-23)22(26-20(17)19)25-15-16-5-3-7-18(24)13-16/h3-8,13H,9-12,14-15H2,1-2H3,(H,25,26). The maximum Gasteiger partial charge on any atom is 0.255 e. The van der Waals surface area contributed by atoms with Crippen molar-refractivity contribution in [3.63, 3.8) is 0 Å². The fraction of sp³-hybridized carbons (Fsp3) is 0.391. The number of carbonyl (C=O) groups is 1. The number of hydrogen-bond acceptors (Lipinski definition) is 3. The molecule has 4 rings (SSSR count). The third kappa shape index (κ3) is 4.17. The zero-order chi connectivity index (χ0) is 20.4. The number of anilines is 1. The molecule has 2 aromatic carbocycles. The van der Waals surface area contributed by atoms with E-state index < -0.39 is 0 Å². The number of fused-ring (bicyclic) bond motifs is 1. The number of para-hydroxylation sites is 1. The zero-order valence-corrected chi connectivity index (χ0v) is 18.4. The van der Waals surface area contributed by atoms with Gasteiger partial charge in [-0.3, -0.25) is 9.79 Å². The van der Waals surface area contributed by atoms with Gasteiger partial charge in [0.15, 0.2) is 0 Å². The molecule has 1 spiro atoms. The molecule has 0 bridgehead atoms. The van der Waals surface area contributed by atoms with Gasteiger partial charge in [-0.05, 0) is 60.1 Å². The summed E-state index contributed by atoms with van der Waals surface area (Å²) < 4.78 is 0. The number of amides is 1. The van der Waals surface area contributed by atoms with Crippen LogP contribution in [0.3, 0.4) is 0 Å². The molecule has 0 aliphatic carbocycles. The van der Waals surface area contributed by atoms with Gasteiger partial charge in [0.05, 0.1) is 17.8 Å². The zero-order valence-electron chi connectivity index (χ0n) is 16.9. The Morgan fingerprint density at radius 1 is 1.21 bits per heavy atom. The number of carbonyl (C=O) groups excluding carboxylic acids is 1. The van der Waals surface area contributed by atoms with Gasteiger partial charge in [0.2, 0.25) is 0 Å². The van der Waals surface area contributed by atoms with Gasteiger partial charge < -0.3 is 10.2 Å². The fourth-order valence-electron chi connectivity index (χ4n) is 4.20. The highest BCUT2D eigenvalue weighted by Gasteiger charge is 2.42. The average molecular weight is 428 g/mol. The van der Waals surface area contributed by atoms with Crippen LogP contribution < -0.4 is 5.32 Å². The topological polar surface area (TPSA) is 44.7 Å². The molecule has 6 heteroatoms. The normalized spacial score (nSPS) is 18.9. The van der Waals surface area contributed by atoms with Gasteiger partial charge in [-0.15, -0.1) is 0 Å². The smallest absolute Gasteiger partial charge is 0.255 e. The first-order valence-corrected chi connectivity index (χ1v) is 11.5. The minimum absolute atomic E-state index is 0.0127. The summed E-state index contributed by atoms with van der Waals surface area (Å²) in [5.41, 5.74) is 3.96. The number of nitrogens with zero attached hydrogens (tertiary/aromatic N) is 2. The largest absolute Gasteiger partial charge is 0.345 e. The molecular weight excluding hydrogens is 402 g/mol. The van der Waals surface area contributed by atoms with Crippen LogP contribution in [0.5, 0.6) is 0 Å². The van der Waals surface area contributed by atoms with E-state index >= 15 is 0 Å². The van der Waals surface area contributed by atoms with Crippen LogP contribution in [0, 0.1) is 5.41 Å². The maximum absolute atomic E-state index is 12.7. The second-order valence-electron chi connectivity index (χ2n) is 8.03. The van der Waals surface area contributed by atoms with Crippen molar-refractivity contribution in [2.75, 3.05) is 30.9 Å². The molecule has 1 amide bonds. The molecule has 2 aromatic rings. The average Bonchev–Trinajstić information content (AvgIpc) is 2.72. The van der Waals surface area contributed by atoms with Crippen molar-refractivity contribution in [1.82, 2.24) is 4.90 Å². The van der Waals surface area contributed by atoms with E-state index in [4.69, 9.17) is 16.6 Å². The Morgan fingerprint density at radius 2 is 1.97 bits per heavy atom. The van der Waals surface area contributed by atoms with Crippen LogP contribution in [0.4, 0.5) is 5.69 Å². The van der Waals surface area contributed by atoms with E-state index in [1.165, 1.54) is 5.56 Å². The molecule has 4 nitrogen and oxygen atoms in total. The SMILES string of the molecule is CN(C)C(=O)c1cccc2c1NC(=NCc1cccc(Cl)c1)C1(CCSCC1)C2. The van der Waals surface area contributed by atoms with E-state index in [0.29, 0.717) is 12.1 Å². The van der Waals surface area contributed by atoms with E-state index in [2.05, 4.69) is 17.4 Å². The lowest BCUT2D eigenvalue weighted by Gasteiger charge is -2.43. The number of aliphatic imine (C=N–C) groups is 1.